The van der Waals surface area contributed by atoms with Gasteiger partial charge in [0.05, 0.1) is 31.3 Å². The summed E-state index contributed by atoms with van der Waals surface area (Å²) in [7, 11) is 3.26. The van der Waals surface area contributed by atoms with Crippen molar-refractivity contribution in [2.75, 3.05) is 33.9 Å². The molecule has 1 spiro atoms. The molecule has 0 aromatic heterocycles. The SMILES string of the molecule is COc1cc2c(cc1OC)C1(CCC(C(=O)O)CC1)N(CCCN1C(=O)c3ccccc3C1=O)CC2. The number of rotatable bonds is 7. The van der Waals surface area contributed by atoms with Gasteiger partial charge in [0.2, 0.25) is 0 Å². The Kier molecular flexibility index (Phi) is 6.47. The third kappa shape index (κ3) is 3.93. The first-order valence-corrected chi connectivity index (χ1v) is 12.6. The standard InChI is InChI=1S/C28H32N2O6/c1-35-23-16-19-10-15-29(13-5-14-30-25(31)20-6-3-4-7-21(20)26(30)32)28(22(19)17-24(23)36-2)11-8-18(9-12-28)27(33)34/h3-4,6-7,16-18H,5,8-15H2,1-2H3,(H,33,34). The van der Waals surface area contributed by atoms with Gasteiger partial charge in [0.25, 0.3) is 11.8 Å². The van der Waals surface area contributed by atoms with E-state index in [4.69, 9.17) is 9.47 Å². The van der Waals surface area contributed by atoms with Crippen molar-refractivity contribution < 1.29 is 29.0 Å². The van der Waals surface area contributed by atoms with Crippen molar-refractivity contribution in [3.05, 3.63) is 58.7 Å². The predicted octanol–water partition coefficient (Wildman–Crippen LogP) is 3.72. The van der Waals surface area contributed by atoms with Crippen molar-refractivity contribution in [1.82, 2.24) is 9.80 Å². The highest BCUT2D eigenvalue weighted by atomic mass is 16.5. The molecule has 190 valence electrons. The lowest BCUT2D eigenvalue weighted by molar-refractivity contribution is -0.144. The lowest BCUT2D eigenvalue weighted by Gasteiger charge is -2.52. The Balaban J connectivity index is 1.38. The van der Waals surface area contributed by atoms with Crippen LogP contribution in [0.2, 0.25) is 0 Å². The van der Waals surface area contributed by atoms with E-state index in [0.717, 1.165) is 25.8 Å². The molecule has 1 saturated carbocycles. The zero-order valence-electron chi connectivity index (χ0n) is 20.8. The number of fused-ring (bicyclic) bond motifs is 3. The molecule has 0 atom stereocenters. The van der Waals surface area contributed by atoms with E-state index in [1.165, 1.54) is 16.0 Å². The van der Waals surface area contributed by atoms with Gasteiger partial charge in [0.15, 0.2) is 11.5 Å². The van der Waals surface area contributed by atoms with Gasteiger partial charge in [-0.1, -0.05) is 12.1 Å². The molecule has 2 heterocycles. The van der Waals surface area contributed by atoms with Crippen molar-refractivity contribution >= 4 is 17.8 Å². The first kappa shape index (κ1) is 24.3. The number of hydrogen-bond acceptors (Lipinski definition) is 6. The molecule has 3 aliphatic rings. The first-order valence-electron chi connectivity index (χ1n) is 12.6. The van der Waals surface area contributed by atoms with Crippen LogP contribution in [0.4, 0.5) is 0 Å². The van der Waals surface area contributed by atoms with Crippen LogP contribution in [0.1, 0.15) is 63.9 Å². The van der Waals surface area contributed by atoms with Crippen molar-refractivity contribution in [2.45, 2.75) is 44.1 Å². The summed E-state index contributed by atoms with van der Waals surface area (Å²) >= 11 is 0. The van der Waals surface area contributed by atoms with E-state index in [-0.39, 0.29) is 23.3 Å². The van der Waals surface area contributed by atoms with Crippen LogP contribution in [0.5, 0.6) is 11.5 Å². The van der Waals surface area contributed by atoms with Gasteiger partial charge in [-0.25, -0.2) is 0 Å². The van der Waals surface area contributed by atoms with Crippen molar-refractivity contribution in [3.8, 4) is 11.5 Å². The number of imide groups is 1. The number of carbonyl (C=O) groups excluding carboxylic acids is 2. The van der Waals surface area contributed by atoms with Crippen LogP contribution in [-0.4, -0.2) is 66.5 Å². The van der Waals surface area contributed by atoms with E-state index in [1.54, 1.807) is 38.5 Å². The number of carboxylic acids is 1. The van der Waals surface area contributed by atoms with Gasteiger partial charge in [-0.05, 0) is 73.9 Å². The van der Waals surface area contributed by atoms with Crippen LogP contribution in [0, 0.1) is 5.92 Å². The quantitative estimate of drug-likeness (QED) is 0.589. The second-order valence-corrected chi connectivity index (χ2v) is 9.91. The van der Waals surface area contributed by atoms with Gasteiger partial charge in [0, 0.05) is 25.2 Å². The van der Waals surface area contributed by atoms with E-state index < -0.39 is 5.97 Å². The fourth-order valence-electron chi connectivity index (χ4n) is 6.32. The topological polar surface area (TPSA) is 96.4 Å². The number of hydrogen-bond donors (Lipinski definition) is 1. The molecule has 1 N–H and O–H groups in total. The second kappa shape index (κ2) is 9.58. The smallest absolute Gasteiger partial charge is 0.306 e. The van der Waals surface area contributed by atoms with Crippen LogP contribution in [0.25, 0.3) is 0 Å². The van der Waals surface area contributed by atoms with Crippen LogP contribution in [0.15, 0.2) is 36.4 Å². The van der Waals surface area contributed by atoms with Gasteiger partial charge in [-0.3, -0.25) is 24.2 Å². The van der Waals surface area contributed by atoms with E-state index in [2.05, 4.69) is 17.0 Å². The summed E-state index contributed by atoms with van der Waals surface area (Å²) < 4.78 is 11.2. The summed E-state index contributed by atoms with van der Waals surface area (Å²) in [5, 5.41) is 9.60. The number of methoxy groups -OCH3 is 2. The fraction of sp³-hybridized carbons (Fsp3) is 0.464. The van der Waals surface area contributed by atoms with E-state index in [9.17, 15) is 19.5 Å². The van der Waals surface area contributed by atoms with Crippen molar-refractivity contribution in [3.63, 3.8) is 0 Å². The molecule has 1 fully saturated rings. The molecule has 0 saturated heterocycles. The van der Waals surface area contributed by atoms with Gasteiger partial charge < -0.3 is 14.6 Å². The number of aliphatic carboxylic acids is 1. The third-order valence-electron chi connectivity index (χ3n) is 8.22. The average Bonchev–Trinajstić information content (AvgIpc) is 3.14. The monoisotopic (exact) mass is 492 g/mol. The molecule has 5 rings (SSSR count). The Hall–Kier alpha value is -3.39. The number of ether oxygens (including phenoxy) is 2. The number of nitrogens with zero attached hydrogens (tertiary/aromatic N) is 2. The first-order chi connectivity index (χ1) is 17.4. The van der Waals surface area contributed by atoms with Gasteiger partial charge >= 0.3 is 5.97 Å². The number of amides is 2. The molecular formula is C28H32N2O6. The van der Waals surface area contributed by atoms with Crippen LogP contribution in [0.3, 0.4) is 0 Å². The predicted molar refractivity (Wildman–Crippen MR) is 133 cm³/mol. The Morgan fingerprint density at radius 3 is 2.19 bits per heavy atom. The van der Waals surface area contributed by atoms with Crippen molar-refractivity contribution in [1.29, 1.82) is 0 Å². The Morgan fingerprint density at radius 1 is 1.00 bits per heavy atom. The highest BCUT2D eigenvalue weighted by Crippen LogP contribution is 2.50. The fourth-order valence-corrected chi connectivity index (χ4v) is 6.32. The molecule has 2 amide bonds. The molecular weight excluding hydrogens is 460 g/mol. The number of benzene rings is 2. The maximum absolute atomic E-state index is 12.8. The molecule has 8 nitrogen and oxygen atoms in total. The minimum atomic E-state index is -0.731. The zero-order valence-corrected chi connectivity index (χ0v) is 20.8. The Bertz CT molecular complexity index is 1170. The molecule has 2 aliphatic heterocycles. The molecule has 0 radical (unpaired) electrons. The van der Waals surface area contributed by atoms with Gasteiger partial charge in [-0.15, -0.1) is 0 Å². The summed E-state index contributed by atoms with van der Waals surface area (Å²) in [6.45, 7) is 1.89. The maximum Gasteiger partial charge on any atom is 0.306 e. The summed E-state index contributed by atoms with van der Waals surface area (Å²) in [5.41, 5.74) is 3.02. The van der Waals surface area contributed by atoms with Gasteiger partial charge in [0.1, 0.15) is 0 Å². The summed E-state index contributed by atoms with van der Waals surface area (Å²) in [6, 6.07) is 11.1. The zero-order chi connectivity index (χ0) is 25.4. The third-order valence-corrected chi connectivity index (χ3v) is 8.22. The maximum atomic E-state index is 12.8. The van der Waals surface area contributed by atoms with E-state index in [1.807, 2.05) is 0 Å². The highest BCUT2D eigenvalue weighted by Gasteiger charge is 2.46. The second-order valence-electron chi connectivity index (χ2n) is 9.91. The van der Waals surface area contributed by atoms with E-state index >= 15 is 0 Å². The minimum Gasteiger partial charge on any atom is -0.493 e. The molecule has 2 aromatic rings. The lowest BCUT2D eigenvalue weighted by atomic mass is 9.68. The lowest BCUT2D eigenvalue weighted by Crippen LogP contribution is -2.53. The van der Waals surface area contributed by atoms with Crippen LogP contribution >= 0.6 is 0 Å². The normalized spacial score (nSPS) is 23.5. The largest absolute Gasteiger partial charge is 0.493 e. The number of carboxylic acid groups (broad SMARTS) is 1. The van der Waals surface area contributed by atoms with Crippen LogP contribution < -0.4 is 9.47 Å². The molecule has 0 unspecified atom stereocenters. The molecule has 1 aliphatic carbocycles. The van der Waals surface area contributed by atoms with Crippen molar-refractivity contribution in [2.24, 2.45) is 5.92 Å². The number of carbonyl (C=O) groups is 3. The summed E-state index contributed by atoms with van der Waals surface area (Å²) in [6.07, 6.45) is 4.18. The molecule has 2 aromatic carbocycles. The van der Waals surface area contributed by atoms with E-state index in [0.29, 0.717) is 55.0 Å². The Morgan fingerprint density at radius 2 is 1.61 bits per heavy atom. The Labute approximate surface area is 210 Å². The minimum absolute atomic E-state index is 0.229. The highest BCUT2D eigenvalue weighted by molar-refractivity contribution is 6.21. The van der Waals surface area contributed by atoms with Gasteiger partial charge in [-0.2, -0.15) is 0 Å². The summed E-state index contributed by atoms with van der Waals surface area (Å²) in [5.74, 6) is -0.151. The molecule has 36 heavy (non-hydrogen) atoms. The summed E-state index contributed by atoms with van der Waals surface area (Å²) in [4.78, 5) is 41.1. The average molecular weight is 493 g/mol. The molecule has 0 bridgehead atoms. The van der Waals surface area contributed by atoms with Crippen LogP contribution in [-0.2, 0) is 16.8 Å². The molecule has 8 heteroatoms.